The molecule has 0 radical (unpaired) electrons. The first-order valence-corrected chi connectivity index (χ1v) is 11.0. The number of hydrogen-bond acceptors (Lipinski definition) is 6. The third kappa shape index (κ3) is 5.01. The fourth-order valence-electron chi connectivity index (χ4n) is 2.35. The van der Waals surface area contributed by atoms with Crippen molar-refractivity contribution in [1.29, 1.82) is 0 Å². The van der Waals surface area contributed by atoms with Crippen molar-refractivity contribution < 1.29 is 22.7 Å². The summed E-state index contributed by atoms with van der Waals surface area (Å²) in [5, 5.41) is 0. The summed E-state index contributed by atoms with van der Waals surface area (Å²) < 4.78 is 30.8. The van der Waals surface area contributed by atoms with Crippen LogP contribution >= 0.6 is 11.3 Å². The van der Waals surface area contributed by atoms with Crippen LogP contribution in [0.4, 0.5) is 0 Å². The molecule has 9 heteroatoms. The summed E-state index contributed by atoms with van der Waals surface area (Å²) in [5.74, 6) is -0.707. The lowest BCUT2D eigenvalue weighted by atomic mass is 10.2. The van der Waals surface area contributed by atoms with Crippen LogP contribution in [0.15, 0.2) is 28.1 Å². The zero-order valence-electron chi connectivity index (χ0n) is 15.0. The van der Waals surface area contributed by atoms with Gasteiger partial charge < -0.3 is 9.30 Å². The van der Waals surface area contributed by atoms with E-state index in [1.165, 1.54) is 23.5 Å². The van der Waals surface area contributed by atoms with Gasteiger partial charge in [0, 0.05) is 12.7 Å². The summed E-state index contributed by atoms with van der Waals surface area (Å²) >= 11 is 1.18. The third-order valence-electron chi connectivity index (χ3n) is 3.64. The van der Waals surface area contributed by atoms with Crippen LogP contribution in [-0.4, -0.2) is 37.7 Å². The molecule has 26 heavy (non-hydrogen) atoms. The number of sulfone groups is 1. The van der Waals surface area contributed by atoms with Gasteiger partial charge in [0.05, 0.1) is 21.7 Å². The number of hydrogen-bond donors (Lipinski definition) is 0. The van der Waals surface area contributed by atoms with Crippen LogP contribution in [-0.2, 0) is 30.7 Å². The highest BCUT2D eigenvalue weighted by Gasteiger charge is 2.15. The van der Waals surface area contributed by atoms with Crippen molar-refractivity contribution in [2.24, 2.45) is 4.99 Å². The van der Waals surface area contributed by atoms with Crippen molar-refractivity contribution in [2.45, 2.75) is 44.6 Å². The van der Waals surface area contributed by atoms with E-state index in [4.69, 9.17) is 4.74 Å². The Bertz CT molecular complexity index is 986. The smallest absolute Gasteiger partial charge is 0.326 e. The van der Waals surface area contributed by atoms with Crippen LogP contribution < -0.4 is 4.80 Å². The summed E-state index contributed by atoms with van der Waals surface area (Å²) in [5.41, 5.74) is 0.637. The number of nitrogens with zero attached hydrogens (tertiary/aromatic N) is 2. The molecule has 0 aliphatic rings. The van der Waals surface area contributed by atoms with Crippen LogP contribution in [0.25, 0.3) is 10.2 Å². The molecule has 7 nitrogen and oxygen atoms in total. The standard InChI is InChI=1S/C17H22N2O5S2/c1-4-6-7-15(20)18-17-19(11-16(21)24-5-2)13-9-8-12(26(3,22)23)10-14(13)25-17/h8-10H,4-7,11H2,1-3H3. The summed E-state index contributed by atoms with van der Waals surface area (Å²) in [6.07, 6.45) is 3.09. The first kappa shape index (κ1) is 20.3. The fraction of sp³-hybridized carbons (Fsp3) is 0.471. The zero-order valence-corrected chi connectivity index (χ0v) is 16.7. The molecular formula is C17H22N2O5S2. The van der Waals surface area contributed by atoms with Crippen molar-refractivity contribution in [3.8, 4) is 0 Å². The third-order valence-corrected chi connectivity index (χ3v) is 5.79. The number of aromatic nitrogens is 1. The highest BCUT2D eigenvalue weighted by Crippen LogP contribution is 2.22. The van der Waals surface area contributed by atoms with E-state index < -0.39 is 15.8 Å². The fourth-order valence-corrected chi connectivity index (χ4v) is 4.16. The molecule has 0 bridgehead atoms. The van der Waals surface area contributed by atoms with E-state index in [0.29, 0.717) is 21.4 Å². The SMILES string of the molecule is CCCCC(=O)N=c1sc2cc(S(C)(=O)=O)ccc2n1CC(=O)OCC. The van der Waals surface area contributed by atoms with Gasteiger partial charge in [-0.3, -0.25) is 9.59 Å². The largest absolute Gasteiger partial charge is 0.465 e. The second kappa shape index (κ2) is 8.59. The van der Waals surface area contributed by atoms with E-state index in [9.17, 15) is 18.0 Å². The molecule has 2 rings (SSSR count). The molecule has 1 aromatic carbocycles. The molecule has 0 N–H and O–H groups in total. The minimum atomic E-state index is -3.36. The van der Waals surface area contributed by atoms with Crippen LogP contribution in [0.5, 0.6) is 0 Å². The molecule has 1 amide bonds. The Hall–Kier alpha value is -2.00. The first-order chi connectivity index (χ1) is 12.3. The second-order valence-corrected chi connectivity index (χ2v) is 8.81. The molecule has 0 aliphatic carbocycles. The van der Waals surface area contributed by atoms with Gasteiger partial charge in [-0.15, -0.1) is 0 Å². The minimum absolute atomic E-state index is 0.0913. The Balaban J connectivity index is 2.58. The maximum atomic E-state index is 12.1. The summed E-state index contributed by atoms with van der Waals surface area (Å²) in [6, 6.07) is 4.64. The van der Waals surface area contributed by atoms with Gasteiger partial charge >= 0.3 is 5.97 Å². The Morgan fingerprint density at radius 3 is 2.62 bits per heavy atom. The average Bonchev–Trinajstić information content (AvgIpc) is 2.89. The van der Waals surface area contributed by atoms with Crippen molar-refractivity contribution >= 4 is 43.3 Å². The Morgan fingerprint density at radius 1 is 1.27 bits per heavy atom. The number of carbonyl (C=O) groups excluding carboxylic acids is 2. The predicted molar refractivity (Wildman–Crippen MR) is 99.7 cm³/mol. The van der Waals surface area contributed by atoms with E-state index in [-0.39, 0.29) is 24.0 Å². The number of esters is 1. The Morgan fingerprint density at radius 2 is 2.00 bits per heavy atom. The maximum Gasteiger partial charge on any atom is 0.326 e. The Kier molecular flexibility index (Phi) is 6.71. The van der Waals surface area contributed by atoms with Gasteiger partial charge in [-0.2, -0.15) is 4.99 Å². The van der Waals surface area contributed by atoms with Gasteiger partial charge in [0.1, 0.15) is 6.54 Å². The predicted octanol–water partition coefficient (Wildman–Crippen LogP) is 2.29. The van der Waals surface area contributed by atoms with Gasteiger partial charge in [-0.25, -0.2) is 8.42 Å². The topological polar surface area (TPSA) is 94.8 Å². The van der Waals surface area contributed by atoms with E-state index >= 15 is 0 Å². The molecule has 1 aromatic heterocycles. The molecule has 142 valence electrons. The highest BCUT2D eigenvalue weighted by atomic mass is 32.2. The normalized spacial score (nSPS) is 12.5. The van der Waals surface area contributed by atoms with Crippen LogP contribution in [0.3, 0.4) is 0 Å². The summed E-state index contributed by atoms with van der Waals surface area (Å²) in [6.45, 7) is 3.86. The Labute approximate surface area is 156 Å². The summed E-state index contributed by atoms with van der Waals surface area (Å²) in [4.78, 5) is 28.6. The van der Waals surface area contributed by atoms with Crippen molar-refractivity contribution in [2.75, 3.05) is 12.9 Å². The molecule has 0 saturated heterocycles. The van der Waals surface area contributed by atoms with Crippen molar-refractivity contribution in [3.05, 3.63) is 23.0 Å². The zero-order chi connectivity index (χ0) is 19.3. The lowest BCUT2D eigenvalue weighted by Crippen LogP contribution is -2.23. The number of fused-ring (bicyclic) bond motifs is 1. The van der Waals surface area contributed by atoms with Gasteiger partial charge in [0.2, 0.25) is 5.91 Å². The molecule has 0 fully saturated rings. The van der Waals surface area contributed by atoms with E-state index in [1.54, 1.807) is 17.6 Å². The molecular weight excluding hydrogens is 376 g/mol. The first-order valence-electron chi connectivity index (χ1n) is 8.33. The van der Waals surface area contributed by atoms with E-state index in [1.807, 2.05) is 6.92 Å². The molecule has 0 atom stereocenters. The molecule has 0 spiro atoms. The second-order valence-electron chi connectivity index (χ2n) is 5.79. The van der Waals surface area contributed by atoms with Gasteiger partial charge in [-0.1, -0.05) is 24.7 Å². The quantitative estimate of drug-likeness (QED) is 0.667. The van der Waals surface area contributed by atoms with Crippen LogP contribution in [0, 0.1) is 0 Å². The van der Waals surface area contributed by atoms with Crippen LogP contribution in [0.1, 0.15) is 33.1 Å². The number of benzene rings is 1. The number of unbranched alkanes of at least 4 members (excludes halogenated alkanes) is 1. The van der Waals surface area contributed by atoms with Gasteiger partial charge in [-0.05, 0) is 31.5 Å². The minimum Gasteiger partial charge on any atom is -0.465 e. The number of carbonyl (C=O) groups is 2. The van der Waals surface area contributed by atoms with Gasteiger partial charge in [0.15, 0.2) is 14.6 Å². The molecule has 0 unspecified atom stereocenters. The lowest BCUT2D eigenvalue weighted by Gasteiger charge is -2.05. The van der Waals surface area contributed by atoms with Gasteiger partial charge in [0.25, 0.3) is 0 Å². The monoisotopic (exact) mass is 398 g/mol. The number of rotatable bonds is 7. The maximum absolute atomic E-state index is 12.1. The average molecular weight is 399 g/mol. The van der Waals surface area contributed by atoms with E-state index in [0.717, 1.165) is 19.1 Å². The van der Waals surface area contributed by atoms with Crippen molar-refractivity contribution in [3.63, 3.8) is 0 Å². The molecule has 0 aliphatic heterocycles. The lowest BCUT2D eigenvalue weighted by molar-refractivity contribution is -0.143. The van der Waals surface area contributed by atoms with Crippen molar-refractivity contribution in [1.82, 2.24) is 4.57 Å². The molecule has 0 saturated carbocycles. The highest BCUT2D eigenvalue weighted by molar-refractivity contribution is 7.90. The van der Waals surface area contributed by atoms with Crippen LogP contribution in [0.2, 0.25) is 0 Å². The molecule has 2 aromatic rings. The number of amides is 1. The summed E-state index contributed by atoms with van der Waals surface area (Å²) in [7, 11) is -3.36. The van der Waals surface area contributed by atoms with E-state index in [2.05, 4.69) is 4.99 Å². The number of thiazole rings is 1. The number of ether oxygens (including phenoxy) is 1. The molecule has 1 heterocycles.